The third-order valence-corrected chi connectivity index (χ3v) is 4.80. The summed E-state index contributed by atoms with van der Waals surface area (Å²) in [7, 11) is 1.32. The number of thiazole rings is 1. The van der Waals surface area contributed by atoms with E-state index in [2.05, 4.69) is 20.9 Å². The molecule has 1 aliphatic rings. The molecule has 110 valence electrons. The minimum atomic E-state index is -0.468. The van der Waals surface area contributed by atoms with Crippen LogP contribution < -0.4 is 4.74 Å². The van der Waals surface area contributed by atoms with E-state index in [0.29, 0.717) is 32.9 Å². The van der Waals surface area contributed by atoms with Gasteiger partial charge in [0, 0.05) is 22.9 Å². The zero-order valence-electron chi connectivity index (χ0n) is 11.3. The lowest BCUT2D eigenvalue weighted by Crippen LogP contribution is -2.13. The first-order chi connectivity index (χ1) is 9.99. The van der Waals surface area contributed by atoms with Crippen LogP contribution in [0.5, 0.6) is 5.75 Å². The van der Waals surface area contributed by atoms with E-state index in [0.717, 1.165) is 4.88 Å². The van der Waals surface area contributed by atoms with Gasteiger partial charge in [0.25, 0.3) is 0 Å². The van der Waals surface area contributed by atoms with Crippen molar-refractivity contribution in [3.8, 4) is 17.0 Å². The molecule has 0 radical (unpaired) electrons. The van der Waals surface area contributed by atoms with E-state index >= 15 is 0 Å². The fraction of sp³-hybridized carbons (Fsp3) is 0.286. The smallest absolute Gasteiger partial charge is 0.367 e. The molecule has 0 saturated heterocycles. The van der Waals surface area contributed by atoms with Crippen molar-refractivity contribution in [2.24, 2.45) is 0 Å². The van der Waals surface area contributed by atoms with Gasteiger partial charge in [0.1, 0.15) is 17.7 Å². The molecule has 1 aromatic heterocycles. The van der Waals surface area contributed by atoms with E-state index in [1.165, 1.54) is 24.5 Å². The molecule has 3 rings (SSSR count). The summed E-state index contributed by atoms with van der Waals surface area (Å²) in [6, 6.07) is 2.96. The Kier molecular flexibility index (Phi) is 3.71. The number of carbonyl (C=O) groups excluding carboxylic acids is 1. The van der Waals surface area contributed by atoms with Crippen LogP contribution in [-0.4, -0.2) is 24.2 Å². The van der Waals surface area contributed by atoms with E-state index in [-0.39, 0.29) is 6.10 Å². The zero-order valence-corrected chi connectivity index (χ0v) is 13.7. The Bertz CT molecular complexity index is 731. The van der Waals surface area contributed by atoms with E-state index in [4.69, 9.17) is 9.47 Å². The van der Waals surface area contributed by atoms with Crippen molar-refractivity contribution in [1.29, 1.82) is 0 Å². The first-order valence-corrected chi connectivity index (χ1v) is 7.84. The van der Waals surface area contributed by atoms with Gasteiger partial charge in [-0.05, 0) is 28.9 Å². The van der Waals surface area contributed by atoms with Crippen molar-refractivity contribution in [1.82, 2.24) is 4.98 Å². The summed E-state index contributed by atoms with van der Waals surface area (Å²) < 4.78 is 24.5. The van der Waals surface area contributed by atoms with Crippen molar-refractivity contribution in [2.45, 2.75) is 19.4 Å². The van der Waals surface area contributed by atoms with Gasteiger partial charge in [-0.2, -0.15) is 0 Å². The van der Waals surface area contributed by atoms with Crippen molar-refractivity contribution < 1.29 is 18.7 Å². The third-order valence-electron chi connectivity index (χ3n) is 3.14. The molecule has 1 unspecified atom stereocenters. The molecule has 1 aliphatic heterocycles. The molecule has 0 spiro atoms. The first kappa shape index (κ1) is 14.5. The van der Waals surface area contributed by atoms with E-state index in [9.17, 15) is 9.18 Å². The lowest BCUT2D eigenvalue weighted by Gasteiger charge is -2.13. The van der Waals surface area contributed by atoms with Crippen LogP contribution >= 0.6 is 27.3 Å². The van der Waals surface area contributed by atoms with Crippen molar-refractivity contribution in [3.63, 3.8) is 0 Å². The summed E-state index contributed by atoms with van der Waals surface area (Å²) >= 11 is 4.45. The molecule has 1 aromatic carbocycles. The molecule has 0 fully saturated rings. The van der Waals surface area contributed by atoms with Gasteiger partial charge >= 0.3 is 5.97 Å². The first-order valence-electron chi connectivity index (χ1n) is 6.23. The largest absolute Gasteiger partial charge is 0.490 e. The van der Waals surface area contributed by atoms with Gasteiger partial charge < -0.3 is 9.47 Å². The Balaban J connectivity index is 2.21. The fourth-order valence-corrected chi connectivity index (χ4v) is 3.66. The maximum Gasteiger partial charge on any atom is 0.367 e. The van der Waals surface area contributed by atoms with Gasteiger partial charge in [-0.25, -0.2) is 14.2 Å². The lowest BCUT2D eigenvalue weighted by atomic mass is 10.1. The molecule has 0 saturated carbocycles. The molecule has 1 atom stereocenters. The van der Waals surface area contributed by atoms with Crippen LogP contribution in [0.1, 0.15) is 21.6 Å². The van der Waals surface area contributed by atoms with E-state index in [1.807, 2.05) is 6.92 Å². The van der Waals surface area contributed by atoms with Crippen LogP contribution in [0.4, 0.5) is 4.39 Å². The number of fused-ring (bicyclic) bond motifs is 3. The van der Waals surface area contributed by atoms with Gasteiger partial charge in [-0.1, -0.05) is 0 Å². The summed E-state index contributed by atoms with van der Waals surface area (Å²) in [6.07, 6.45) is 0.481. The van der Waals surface area contributed by atoms with Crippen molar-refractivity contribution in [2.75, 3.05) is 7.11 Å². The predicted octanol–water partition coefficient (Wildman–Crippen LogP) is 3.82. The Hall–Kier alpha value is -1.47. The highest BCUT2D eigenvalue weighted by atomic mass is 79.9. The minimum absolute atomic E-state index is 0.128. The quantitative estimate of drug-likeness (QED) is 0.714. The topological polar surface area (TPSA) is 48.4 Å². The highest BCUT2D eigenvalue weighted by Gasteiger charge is 2.27. The number of hydrogen-bond acceptors (Lipinski definition) is 5. The molecule has 4 nitrogen and oxygen atoms in total. The highest BCUT2D eigenvalue weighted by molar-refractivity contribution is 9.10. The van der Waals surface area contributed by atoms with Crippen LogP contribution in [0.15, 0.2) is 16.6 Å². The molecule has 2 heterocycles. The second-order valence-electron chi connectivity index (χ2n) is 4.68. The summed E-state index contributed by atoms with van der Waals surface area (Å²) in [5, 5.41) is 0.294. The molecular formula is C14H11BrFNO3S. The van der Waals surface area contributed by atoms with Crippen molar-refractivity contribution >= 4 is 33.2 Å². The minimum Gasteiger partial charge on any atom is -0.490 e. The second kappa shape index (κ2) is 5.38. The summed E-state index contributed by atoms with van der Waals surface area (Å²) in [5.41, 5.74) is 1.33. The van der Waals surface area contributed by atoms with Gasteiger partial charge in [0.2, 0.25) is 5.01 Å². The van der Waals surface area contributed by atoms with E-state index < -0.39 is 11.8 Å². The zero-order chi connectivity index (χ0) is 15.1. The highest BCUT2D eigenvalue weighted by Crippen LogP contribution is 2.41. The Morgan fingerprint density at radius 1 is 1.57 bits per heavy atom. The van der Waals surface area contributed by atoms with Crippen LogP contribution in [-0.2, 0) is 11.2 Å². The van der Waals surface area contributed by atoms with Gasteiger partial charge in [0.05, 0.1) is 17.3 Å². The van der Waals surface area contributed by atoms with Gasteiger partial charge in [-0.15, -0.1) is 11.3 Å². The van der Waals surface area contributed by atoms with Crippen LogP contribution in [0.3, 0.4) is 0 Å². The number of halogens is 2. The predicted molar refractivity (Wildman–Crippen MR) is 80.3 cm³/mol. The average Bonchev–Trinajstić information content (AvgIpc) is 2.80. The van der Waals surface area contributed by atoms with Gasteiger partial charge in [-0.3, -0.25) is 0 Å². The molecule has 7 heteroatoms. The number of nitrogens with zero attached hydrogens (tertiary/aromatic N) is 1. The second-order valence-corrected chi connectivity index (χ2v) is 6.62. The average molecular weight is 372 g/mol. The summed E-state index contributed by atoms with van der Waals surface area (Å²) in [6.45, 7) is 1.90. The molecule has 0 bridgehead atoms. The summed E-state index contributed by atoms with van der Waals surface area (Å²) in [4.78, 5) is 16.9. The molecule has 21 heavy (non-hydrogen) atoms. The third kappa shape index (κ3) is 2.55. The van der Waals surface area contributed by atoms with Crippen LogP contribution in [0.25, 0.3) is 11.3 Å². The van der Waals surface area contributed by atoms with Crippen LogP contribution in [0.2, 0.25) is 0 Å². The molecular weight excluding hydrogens is 361 g/mol. The molecule has 2 aromatic rings. The van der Waals surface area contributed by atoms with Crippen LogP contribution in [0, 0.1) is 5.82 Å². The summed E-state index contributed by atoms with van der Waals surface area (Å²) in [5.74, 6) is -0.430. The van der Waals surface area contributed by atoms with Gasteiger partial charge in [0.15, 0.2) is 0 Å². The Morgan fingerprint density at radius 2 is 2.33 bits per heavy atom. The molecule has 0 aliphatic carbocycles. The number of aromatic nitrogens is 1. The number of methoxy groups -OCH3 is 1. The monoisotopic (exact) mass is 371 g/mol. The normalized spacial score (nSPS) is 16.5. The maximum absolute atomic E-state index is 13.7. The molecule has 0 N–H and O–H groups in total. The SMILES string of the molecule is COC(=O)c1nc2c(s1)CC(C)Oc1cc(F)c(Br)cc1-2. The Labute approximate surface area is 133 Å². The van der Waals surface area contributed by atoms with E-state index in [1.54, 1.807) is 6.07 Å². The number of carbonyl (C=O) groups is 1. The Morgan fingerprint density at radius 3 is 3.05 bits per heavy atom. The lowest BCUT2D eigenvalue weighted by molar-refractivity contribution is 0.0600. The molecule has 0 amide bonds. The number of esters is 1. The number of benzene rings is 1. The fourth-order valence-electron chi connectivity index (χ4n) is 2.21. The maximum atomic E-state index is 13.7. The number of rotatable bonds is 1. The standard InChI is InChI=1S/C14H11BrFNO3S/c1-6-3-11-12(17-13(21-11)14(18)19-2)7-4-8(15)9(16)5-10(7)20-6/h4-6H,3H2,1-2H3. The van der Waals surface area contributed by atoms with Crippen molar-refractivity contribution in [3.05, 3.63) is 32.3 Å². The number of ether oxygens (including phenoxy) is 2. The number of hydrogen-bond donors (Lipinski definition) is 0.